The van der Waals surface area contributed by atoms with Gasteiger partial charge in [-0.05, 0) is 25.2 Å². The Morgan fingerprint density at radius 3 is 2.88 bits per heavy atom. The van der Waals surface area contributed by atoms with Gasteiger partial charge in [-0.25, -0.2) is 0 Å². The van der Waals surface area contributed by atoms with Crippen LogP contribution in [0.5, 0.6) is 0 Å². The highest BCUT2D eigenvalue weighted by Crippen LogP contribution is 2.14. The lowest BCUT2D eigenvalue weighted by Crippen LogP contribution is -2.39. The highest BCUT2D eigenvalue weighted by molar-refractivity contribution is 5.80. The second-order valence-electron chi connectivity index (χ2n) is 5.08. The van der Waals surface area contributed by atoms with Crippen LogP contribution in [-0.4, -0.2) is 43.3 Å². The molecule has 0 aromatic rings. The van der Waals surface area contributed by atoms with E-state index in [0.717, 1.165) is 39.0 Å². The number of amides is 1. The van der Waals surface area contributed by atoms with Gasteiger partial charge in [-0.2, -0.15) is 0 Å². The van der Waals surface area contributed by atoms with Crippen molar-refractivity contribution in [3.05, 3.63) is 0 Å². The van der Waals surface area contributed by atoms with E-state index in [0.29, 0.717) is 12.5 Å². The molecule has 0 aliphatic carbocycles. The van der Waals surface area contributed by atoms with Crippen LogP contribution in [0, 0.1) is 5.92 Å². The van der Waals surface area contributed by atoms with Gasteiger partial charge < -0.3 is 9.64 Å². The van der Waals surface area contributed by atoms with E-state index in [4.69, 9.17) is 4.74 Å². The van der Waals surface area contributed by atoms with Crippen LogP contribution in [0.2, 0.25) is 0 Å². The summed E-state index contributed by atoms with van der Waals surface area (Å²) in [5, 5.41) is 3.28. The first-order valence-electron chi connectivity index (χ1n) is 6.75. The second kappa shape index (κ2) is 7.67. The Bertz CT molecular complexity index is 231. The van der Waals surface area contributed by atoms with E-state index in [2.05, 4.69) is 26.1 Å². The molecule has 1 heterocycles. The summed E-state index contributed by atoms with van der Waals surface area (Å²) in [4.78, 5) is 13.7. The largest absolute Gasteiger partial charge is 0.381 e. The Morgan fingerprint density at radius 2 is 2.24 bits per heavy atom. The van der Waals surface area contributed by atoms with Gasteiger partial charge in [0, 0.05) is 19.8 Å². The van der Waals surface area contributed by atoms with Gasteiger partial charge in [0.25, 0.3) is 0 Å². The molecule has 1 N–H and O–H groups in total. The van der Waals surface area contributed by atoms with Crippen molar-refractivity contribution in [2.75, 3.05) is 26.3 Å². The van der Waals surface area contributed by atoms with E-state index in [-0.39, 0.29) is 12.1 Å². The van der Waals surface area contributed by atoms with E-state index < -0.39 is 0 Å². The summed E-state index contributed by atoms with van der Waals surface area (Å²) in [6, 6.07) is 0. The summed E-state index contributed by atoms with van der Waals surface area (Å²) < 4.78 is 5.44. The minimum Gasteiger partial charge on any atom is -0.381 e. The third-order valence-corrected chi connectivity index (χ3v) is 2.92. The molecule has 0 spiro atoms. The lowest BCUT2D eigenvalue weighted by atomic mass is 10.1. The second-order valence-corrected chi connectivity index (χ2v) is 5.08. The first kappa shape index (κ1) is 14.5. The average Bonchev–Trinajstić information content (AvgIpc) is 2.60. The van der Waals surface area contributed by atoms with E-state index in [1.165, 1.54) is 0 Å². The molecule has 1 amide bonds. The molecule has 1 saturated heterocycles. The maximum Gasteiger partial charge on any atom is 0.237 e. The predicted molar refractivity (Wildman–Crippen MR) is 68.7 cm³/mol. The summed E-state index contributed by atoms with van der Waals surface area (Å²) >= 11 is 0. The normalized spacial score (nSPS) is 20.6. The molecule has 100 valence electrons. The molecule has 0 aromatic carbocycles. The molecular weight excluding hydrogens is 216 g/mol. The molecule has 1 fully saturated rings. The fraction of sp³-hybridized carbons (Fsp3) is 0.923. The number of carbonyl (C=O) groups is 1. The van der Waals surface area contributed by atoms with E-state index in [1.807, 2.05) is 4.90 Å². The number of carbonyl (C=O) groups excluding carboxylic acids is 1. The Kier molecular flexibility index (Phi) is 6.52. The molecule has 0 bridgehead atoms. The van der Waals surface area contributed by atoms with Gasteiger partial charge in [0.1, 0.15) is 0 Å². The molecule has 1 rings (SSSR count). The Labute approximate surface area is 105 Å². The van der Waals surface area contributed by atoms with E-state index in [9.17, 15) is 4.79 Å². The van der Waals surface area contributed by atoms with Crippen LogP contribution in [0.15, 0.2) is 0 Å². The van der Waals surface area contributed by atoms with Crippen molar-refractivity contribution in [1.82, 2.24) is 10.2 Å². The van der Waals surface area contributed by atoms with Crippen LogP contribution in [0.1, 0.15) is 40.0 Å². The van der Waals surface area contributed by atoms with Gasteiger partial charge in [0.2, 0.25) is 5.91 Å². The third-order valence-electron chi connectivity index (χ3n) is 2.92. The van der Waals surface area contributed by atoms with Crippen LogP contribution in [0.4, 0.5) is 0 Å². The molecule has 1 aliphatic rings. The zero-order valence-corrected chi connectivity index (χ0v) is 11.4. The SMILES string of the molecule is CCCOCCCN1C(=O)CNC1CC(C)C. The molecule has 1 atom stereocenters. The lowest BCUT2D eigenvalue weighted by Gasteiger charge is -2.25. The van der Waals surface area contributed by atoms with Crippen LogP contribution in [0.3, 0.4) is 0 Å². The third kappa shape index (κ3) is 5.04. The quantitative estimate of drug-likeness (QED) is 0.657. The molecule has 4 nitrogen and oxygen atoms in total. The van der Waals surface area contributed by atoms with E-state index in [1.54, 1.807) is 0 Å². The van der Waals surface area contributed by atoms with Gasteiger partial charge in [-0.1, -0.05) is 20.8 Å². The Morgan fingerprint density at radius 1 is 1.47 bits per heavy atom. The molecular formula is C13H26N2O2. The van der Waals surface area contributed by atoms with Crippen molar-refractivity contribution in [3.8, 4) is 0 Å². The zero-order chi connectivity index (χ0) is 12.7. The maximum absolute atomic E-state index is 11.7. The number of nitrogens with zero attached hydrogens (tertiary/aromatic N) is 1. The van der Waals surface area contributed by atoms with Crippen LogP contribution >= 0.6 is 0 Å². The summed E-state index contributed by atoms with van der Waals surface area (Å²) in [5.41, 5.74) is 0. The fourth-order valence-electron chi connectivity index (χ4n) is 2.11. The number of hydrogen-bond donors (Lipinski definition) is 1. The van der Waals surface area contributed by atoms with Gasteiger partial charge >= 0.3 is 0 Å². The fourth-order valence-corrected chi connectivity index (χ4v) is 2.11. The van der Waals surface area contributed by atoms with E-state index >= 15 is 0 Å². The van der Waals surface area contributed by atoms with Crippen molar-refractivity contribution >= 4 is 5.91 Å². The summed E-state index contributed by atoms with van der Waals surface area (Å²) in [6.07, 6.45) is 3.25. The zero-order valence-electron chi connectivity index (χ0n) is 11.4. The van der Waals surface area contributed by atoms with Crippen molar-refractivity contribution in [2.45, 2.75) is 46.2 Å². The topological polar surface area (TPSA) is 41.6 Å². The standard InChI is InChI=1S/C13H26N2O2/c1-4-7-17-8-5-6-15-12(9-11(2)3)14-10-13(15)16/h11-12,14H,4-10H2,1-3H3. The monoisotopic (exact) mass is 242 g/mol. The number of rotatable bonds is 8. The van der Waals surface area contributed by atoms with Gasteiger partial charge in [0.15, 0.2) is 0 Å². The maximum atomic E-state index is 11.7. The number of ether oxygens (including phenoxy) is 1. The lowest BCUT2D eigenvalue weighted by molar-refractivity contribution is -0.128. The summed E-state index contributed by atoms with van der Waals surface area (Å²) in [7, 11) is 0. The Balaban J connectivity index is 2.25. The van der Waals surface area contributed by atoms with Gasteiger partial charge in [-0.3, -0.25) is 10.1 Å². The van der Waals surface area contributed by atoms with Crippen LogP contribution in [0.25, 0.3) is 0 Å². The molecule has 0 radical (unpaired) electrons. The minimum absolute atomic E-state index is 0.228. The highest BCUT2D eigenvalue weighted by Gasteiger charge is 2.29. The van der Waals surface area contributed by atoms with Gasteiger partial charge in [0.05, 0.1) is 12.7 Å². The first-order chi connectivity index (χ1) is 8.15. The van der Waals surface area contributed by atoms with Gasteiger partial charge in [-0.15, -0.1) is 0 Å². The summed E-state index contributed by atoms with van der Waals surface area (Å²) in [6.45, 7) is 9.36. The van der Waals surface area contributed by atoms with Crippen molar-refractivity contribution < 1.29 is 9.53 Å². The first-order valence-corrected chi connectivity index (χ1v) is 6.75. The molecule has 1 unspecified atom stereocenters. The van der Waals surface area contributed by atoms with Crippen molar-refractivity contribution in [3.63, 3.8) is 0 Å². The smallest absolute Gasteiger partial charge is 0.237 e. The molecule has 1 aliphatic heterocycles. The Hall–Kier alpha value is -0.610. The van der Waals surface area contributed by atoms with Crippen molar-refractivity contribution in [1.29, 1.82) is 0 Å². The molecule has 17 heavy (non-hydrogen) atoms. The molecule has 0 aromatic heterocycles. The van der Waals surface area contributed by atoms with Crippen LogP contribution < -0.4 is 5.32 Å². The highest BCUT2D eigenvalue weighted by atomic mass is 16.5. The summed E-state index contributed by atoms with van der Waals surface area (Å²) in [5.74, 6) is 0.836. The molecule has 0 saturated carbocycles. The predicted octanol–water partition coefficient (Wildman–Crippen LogP) is 1.61. The van der Waals surface area contributed by atoms with Crippen molar-refractivity contribution in [2.24, 2.45) is 5.92 Å². The number of hydrogen-bond acceptors (Lipinski definition) is 3. The average molecular weight is 242 g/mol. The molecule has 4 heteroatoms. The van der Waals surface area contributed by atoms with Crippen LogP contribution in [-0.2, 0) is 9.53 Å². The minimum atomic E-state index is 0.228. The number of nitrogens with one attached hydrogen (secondary N) is 1.